The summed E-state index contributed by atoms with van der Waals surface area (Å²) in [4.78, 5) is 14.9. The lowest BCUT2D eigenvalue weighted by molar-refractivity contribution is 0.0666. The third-order valence-corrected chi connectivity index (χ3v) is 6.54. The first-order valence-electron chi connectivity index (χ1n) is 10.7. The molecule has 4 heterocycles. The molecule has 0 atom stereocenters. The van der Waals surface area contributed by atoms with Crippen molar-refractivity contribution in [2.24, 2.45) is 0 Å². The minimum atomic E-state index is -0.322. The van der Waals surface area contributed by atoms with Crippen molar-refractivity contribution < 1.29 is 13.7 Å². The number of benzene rings is 2. The van der Waals surface area contributed by atoms with Gasteiger partial charge in [-0.3, -0.25) is 4.79 Å². The molecule has 1 amide bonds. The minimum Gasteiger partial charge on any atom is -0.372 e. The van der Waals surface area contributed by atoms with Gasteiger partial charge < -0.3 is 19.3 Å². The number of amides is 1. The average Bonchev–Trinajstić information content (AvgIpc) is 3.51. The predicted octanol–water partition coefficient (Wildman–Crippen LogP) is 4.83. The second-order valence-electron chi connectivity index (χ2n) is 8.36. The van der Waals surface area contributed by atoms with Gasteiger partial charge in [0.2, 0.25) is 0 Å². The Morgan fingerprint density at radius 1 is 1.03 bits per heavy atom. The summed E-state index contributed by atoms with van der Waals surface area (Å²) in [6.07, 6.45) is 3.68. The van der Waals surface area contributed by atoms with Gasteiger partial charge in [-0.2, -0.15) is 0 Å². The highest BCUT2D eigenvalue weighted by Gasteiger charge is 2.42. The molecule has 1 spiro atoms. The van der Waals surface area contributed by atoms with Gasteiger partial charge in [-0.1, -0.05) is 17.3 Å². The topological polar surface area (TPSA) is 63.3 Å². The number of carbonyl (C=O) groups is 1. The van der Waals surface area contributed by atoms with Crippen molar-refractivity contribution in [3.63, 3.8) is 0 Å². The lowest BCUT2D eigenvalue weighted by Crippen LogP contribution is -2.51. The van der Waals surface area contributed by atoms with Gasteiger partial charge >= 0.3 is 0 Å². The number of anilines is 1. The van der Waals surface area contributed by atoms with Crippen LogP contribution in [0.25, 0.3) is 17.0 Å². The van der Waals surface area contributed by atoms with Crippen LogP contribution in [0.5, 0.6) is 0 Å². The Labute approximate surface area is 184 Å². The molecule has 1 N–H and O–H groups in total. The number of likely N-dealkylation sites (tertiary alicyclic amines) is 1. The van der Waals surface area contributed by atoms with Crippen LogP contribution >= 0.6 is 0 Å². The number of fused-ring (bicyclic) bond motifs is 4. The minimum absolute atomic E-state index is 0.149. The molecule has 2 aromatic carbocycles. The van der Waals surface area contributed by atoms with Crippen LogP contribution in [-0.2, 0) is 5.54 Å². The molecule has 32 heavy (non-hydrogen) atoms. The summed E-state index contributed by atoms with van der Waals surface area (Å²) in [5, 5.41) is 7.73. The fraction of sp³-hybridized carbons (Fsp3) is 0.200. The molecule has 2 aliphatic rings. The SMILES string of the molecule is O=C(c1cc(-c2ccc(F)cc2)on1)N1CCC2(CC1)Nc1ccccc1-n1cccc12. The largest absolute Gasteiger partial charge is 0.372 e. The molecule has 6 nitrogen and oxygen atoms in total. The molecule has 1 fully saturated rings. The van der Waals surface area contributed by atoms with Crippen molar-refractivity contribution in [3.8, 4) is 17.0 Å². The van der Waals surface area contributed by atoms with E-state index in [1.165, 1.54) is 17.8 Å². The van der Waals surface area contributed by atoms with Crippen LogP contribution < -0.4 is 5.32 Å². The summed E-state index contributed by atoms with van der Waals surface area (Å²) >= 11 is 0. The number of hydrogen-bond donors (Lipinski definition) is 1. The number of nitrogens with one attached hydrogen (secondary N) is 1. The zero-order valence-corrected chi connectivity index (χ0v) is 17.3. The Morgan fingerprint density at radius 3 is 2.62 bits per heavy atom. The summed E-state index contributed by atoms with van der Waals surface area (Å²) in [6.45, 7) is 1.22. The molecule has 2 aromatic heterocycles. The summed E-state index contributed by atoms with van der Waals surface area (Å²) in [5.41, 5.74) is 4.22. The van der Waals surface area contributed by atoms with E-state index in [4.69, 9.17) is 4.52 Å². The van der Waals surface area contributed by atoms with E-state index >= 15 is 0 Å². The Bertz CT molecular complexity index is 1300. The number of piperidine rings is 1. The first-order valence-corrected chi connectivity index (χ1v) is 10.7. The first-order chi connectivity index (χ1) is 15.6. The summed E-state index contributed by atoms with van der Waals surface area (Å²) < 4.78 is 20.8. The number of carbonyl (C=O) groups excluding carboxylic acids is 1. The lowest BCUT2D eigenvalue weighted by Gasteiger charge is -2.46. The van der Waals surface area contributed by atoms with Crippen LogP contribution in [0, 0.1) is 5.82 Å². The molecule has 2 aliphatic heterocycles. The Balaban J connectivity index is 1.21. The third-order valence-electron chi connectivity index (χ3n) is 6.54. The van der Waals surface area contributed by atoms with Crippen LogP contribution in [0.1, 0.15) is 29.0 Å². The Morgan fingerprint density at radius 2 is 1.81 bits per heavy atom. The van der Waals surface area contributed by atoms with Gasteiger partial charge in [0, 0.05) is 36.6 Å². The molecule has 0 aliphatic carbocycles. The third kappa shape index (κ3) is 2.92. The Kier molecular flexibility index (Phi) is 4.18. The van der Waals surface area contributed by atoms with Crippen LogP contribution in [0.15, 0.2) is 77.4 Å². The highest BCUT2D eigenvalue weighted by atomic mass is 19.1. The van der Waals surface area contributed by atoms with Crippen molar-refractivity contribution in [3.05, 3.63) is 90.1 Å². The zero-order valence-electron chi connectivity index (χ0n) is 17.3. The second-order valence-corrected chi connectivity index (χ2v) is 8.36. The van der Waals surface area contributed by atoms with Crippen molar-refractivity contribution in [1.29, 1.82) is 0 Å². The number of nitrogens with zero attached hydrogens (tertiary/aromatic N) is 3. The van der Waals surface area contributed by atoms with E-state index in [2.05, 4.69) is 45.5 Å². The number of para-hydroxylation sites is 2. The fourth-order valence-corrected chi connectivity index (χ4v) is 4.85. The molecular weight excluding hydrogens is 407 g/mol. The van der Waals surface area contributed by atoms with Gasteiger partial charge in [-0.25, -0.2) is 4.39 Å². The van der Waals surface area contributed by atoms with E-state index < -0.39 is 0 Å². The molecule has 6 rings (SSSR count). The molecule has 4 aromatic rings. The van der Waals surface area contributed by atoms with Crippen molar-refractivity contribution in [2.75, 3.05) is 18.4 Å². The van der Waals surface area contributed by atoms with E-state index in [0.29, 0.717) is 24.4 Å². The average molecular weight is 428 g/mol. The van der Waals surface area contributed by atoms with Crippen LogP contribution in [0.3, 0.4) is 0 Å². The monoisotopic (exact) mass is 428 g/mol. The van der Waals surface area contributed by atoms with E-state index in [9.17, 15) is 9.18 Å². The summed E-state index contributed by atoms with van der Waals surface area (Å²) in [5.74, 6) is -0.0225. The molecular formula is C25H21FN4O2. The van der Waals surface area contributed by atoms with Gasteiger partial charge in [0.15, 0.2) is 11.5 Å². The van der Waals surface area contributed by atoms with Gasteiger partial charge in [0.05, 0.1) is 16.9 Å². The van der Waals surface area contributed by atoms with Crippen LogP contribution in [0.4, 0.5) is 10.1 Å². The molecule has 0 saturated carbocycles. The van der Waals surface area contributed by atoms with Gasteiger partial charge in [-0.05, 0) is 61.4 Å². The quantitative estimate of drug-likeness (QED) is 0.497. The maximum atomic E-state index is 13.2. The number of halogens is 1. The molecule has 7 heteroatoms. The van der Waals surface area contributed by atoms with Gasteiger partial charge in [0.25, 0.3) is 5.91 Å². The van der Waals surface area contributed by atoms with Crippen molar-refractivity contribution >= 4 is 11.6 Å². The molecule has 0 radical (unpaired) electrons. The maximum absolute atomic E-state index is 13.2. The molecule has 0 bridgehead atoms. The van der Waals surface area contributed by atoms with Gasteiger partial charge in [0.1, 0.15) is 5.82 Å². The van der Waals surface area contributed by atoms with E-state index in [0.717, 1.165) is 24.2 Å². The van der Waals surface area contributed by atoms with Crippen molar-refractivity contribution in [2.45, 2.75) is 18.4 Å². The second kappa shape index (κ2) is 7.09. The molecule has 1 saturated heterocycles. The van der Waals surface area contributed by atoms with Crippen molar-refractivity contribution in [1.82, 2.24) is 14.6 Å². The summed E-state index contributed by atoms with van der Waals surface area (Å²) in [6, 6.07) is 20.1. The van der Waals surface area contributed by atoms with Gasteiger partial charge in [-0.15, -0.1) is 0 Å². The Hall–Kier alpha value is -3.87. The fourth-order valence-electron chi connectivity index (χ4n) is 4.85. The van der Waals surface area contributed by atoms with E-state index in [1.807, 2.05) is 17.0 Å². The number of hydrogen-bond acceptors (Lipinski definition) is 4. The summed E-state index contributed by atoms with van der Waals surface area (Å²) in [7, 11) is 0. The highest BCUT2D eigenvalue weighted by Crippen LogP contribution is 2.43. The maximum Gasteiger partial charge on any atom is 0.276 e. The van der Waals surface area contributed by atoms with E-state index in [-0.39, 0.29) is 23.0 Å². The van der Waals surface area contributed by atoms with E-state index in [1.54, 1.807) is 18.2 Å². The smallest absolute Gasteiger partial charge is 0.276 e. The lowest BCUT2D eigenvalue weighted by atomic mass is 9.82. The predicted molar refractivity (Wildman–Crippen MR) is 118 cm³/mol. The standard InChI is InChI=1S/C25H21FN4O2/c26-18-9-7-17(8-10-18)22-16-20(28-32-22)24(31)29-14-11-25(12-15-29)23-6-3-13-30(23)21-5-2-1-4-19(21)27-25/h1-10,13,16,27H,11-12,14-15H2. The molecule has 0 unspecified atom stereocenters. The first kappa shape index (κ1) is 18.9. The van der Waals surface area contributed by atoms with Crippen LogP contribution in [0.2, 0.25) is 0 Å². The number of rotatable bonds is 2. The highest BCUT2D eigenvalue weighted by molar-refractivity contribution is 5.93. The zero-order chi connectivity index (χ0) is 21.7. The normalized spacial score (nSPS) is 16.3. The van der Waals surface area contributed by atoms with Crippen LogP contribution in [-0.4, -0.2) is 33.6 Å². The number of aromatic nitrogens is 2. The molecule has 160 valence electrons.